The van der Waals surface area contributed by atoms with Gasteiger partial charge in [0.05, 0.1) is 0 Å². The van der Waals surface area contributed by atoms with Crippen molar-refractivity contribution < 1.29 is 4.79 Å². The second-order valence-corrected chi connectivity index (χ2v) is 5.67. The van der Waals surface area contributed by atoms with Crippen LogP contribution >= 0.6 is 0 Å². The number of fused-ring (bicyclic) bond motifs is 2. The highest BCUT2D eigenvalue weighted by Crippen LogP contribution is 2.18. The zero-order valence-electron chi connectivity index (χ0n) is 13.1. The summed E-state index contributed by atoms with van der Waals surface area (Å²) in [6.07, 6.45) is 9.00. The normalized spacial score (nSPS) is 11.2. The van der Waals surface area contributed by atoms with Gasteiger partial charge >= 0.3 is 0 Å². The van der Waals surface area contributed by atoms with Crippen molar-refractivity contribution >= 4 is 22.6 Å². The molecule has 0 fully saturated rings. The quantitative estimate of drug-likeness (QED) is 0.555. The number of para-hydroxylation sites is 1. The molecule has 120 valence electrons. The molecule has 0 aliphatic rings. The maximum atomic E-state index is 12.2. The smallest absolute Gasteiger partial charge is 0.271 e. The number of hydrogen-bond acceptors (Lipinski definition) is 3. The lowest BCUT2D eigenvalue weighted by atomic mass is 10.1. The van der Waals surface area contributed by atoms with Gasteiger partial charge in [0.15, 0.2) is 0 Å². The first-order valence-corrected chi connectivity index (χ1v) is 7.94. The van der Waals surface area contributed by atoms with Crippen LogP contribution in [0.1, 0.15) is 22.5 Å². The predicted molar refractivity (Wildman–Crippen MR) is 91.9 cm³/mol. The summed E-state index contributed by atoms with van der Waals surface area (Å²) in [6.45, 7) is 0.611. The first kappa shape index (κ1) is 14.4. The van der Waals surface area contributed by atoms with Crippen LogP contribution in [0.15, 0.2) is 55.1 Å². The molecule has 2 N–H and O–H groups in total. The van der Waals surface area contributed by atoms with Crippen LogP contribution in [-0.2, 0) is 6.42 Å². The molecule has 1 aromatic carbocycles. The third-order valence-electron chi connectivity index (χ3n) is 4.05. The third kappa shape index (κ3) is 2.74. The Morgan fingerprint density at radius 1 is 1.25 bits per heavy atom. The number of carbonyl (C=O) groups is 1. The Hall–Kier alpha value is -3.15. The highest BCUT2D eigenvalue weighted by atomic mass is 16.1. The molecule has 4 rings (SSSR count). The van der Waals surface area contributed by atoms with Gasteiger partial charge in [0, 0.05) is 42.2 Å². The molecule has 0 saturated carbocycles. The van der Waals surface area contributed by atoms with Gasteiger partial charge in [0.25, 0.3) is 5.91 Å². The van der Waals surface area contributed by atoms with Crippen molar-refractivity contribution in [3.8, 4) is 0 Å². The molecule has 0 unspecified atom stereocenters. The number of rotatable bonds is 5. The number of imidazole rings is 1. The molecule has 1 amide bonds. The largest absolute Gasteiger partial charge is 0.361 e. The van der Waals surface area contributed by atoms with Crippen molar-refractivity contribution in [2.24, 2.45) is 0 Å². The molecule has 0 atom stereocenters. The van der Waals surface area contributed by atoms with Gasteiger partial charge in [-0.2, -0.15) is 0 Å². The standard InChI is InChI=1S/C18H17N5O/c24-17(16-12-23-10-4-9-20-18(23)22-16)19-8-3-5-13-11-21-15-7-2-1-6-14(13)15/h1-2,4,6-7,9-12,21H,3,5,8H2,(H,19,24). The van der Waals surface area contributed by atoms with E-state index < -0.39 is 0 Å². The first-order valence-electron chi connectivity index (χ1n) is 7.94. The number of benzene rings is 1. The van der Waals surface area contributed by atoms with E-state index >= 15 is 0 Å². The van der Waals surface area contributed by atoms with E-state index in [4.69, 9.17) is 0 Å². The Morgan fingerprint density at radius 2 is 2.17 bits per heavy atom. The zero-order chi connectivity index (χ0) is 16.4. The Labute approximate surface area is 138 Å². The molecule has 0 aliphatic carbocycles. The molecule has 0 aliphatic heterocycles. The molecule has 6 nitrogen and oxygen atoms in total. The molecule has 24 heavy (non-hydrogen) atoms. The molecule has 3 aromatic heterocycles. The fraction of sp³-hybridized carbons (Fsp3) is 0.167. The topological polar surface area (TPSA) is 75.1 Å². The first-order chi connectivity index (χ1) is 11.8. The van der Waals surface area contributed by atoms with E-state index in [9.17, 15) is 4.79 Å². The Kier molecular flexibility index (Phi) is 3.70. The number of aromatic amines is 1. The molecule has 0 spiro atoms. The number of hydrogen-bond donors (Lipinski definition) is 2. The maximum Gasteiger partial charge on any atom is 0.271 e. The summed E-state index contributed by atoms with van der Waals surface area (Å²) in [6, 6.07) is 10.0. The molecule has 4 aromatic rings. The van der Waals surface area contributed by atoms with E-state index in [1.807, 2.05) is 24.5 Å². The van der Waals surface area contributed by atoms with Crippen LogP contribution in [0.5, 0.6) is 0 Å². The van der Waals surface area contributed by atoms with Crippen LogP contribution in [0.4, 0.5) is 0 Å². The fourth-order valence-corrected chi connectivity index (χ4v) is 2.85. The number of nitrogens with one attached hydrogen (secondary N) is 2. The third-order valence-corrected chi connectivity index (χ3v) is 4.05. The Balaban J connectivity index is 1.34. The highest BCUT2D eigenvalue weighted by Gasteiger charge is 2.10. The lowest BCUT2D eigenvalue weighted by Gasteiger charge is -2.03. The monoisotopic (exact) mass is 319 g/mol. The molecule has 0 radical (unpaired) electrons. The van der Waals surface area contributed by atoms with Crippen molar-refractivity contribution in [2.75, 3.05) is 6.54 Å². The summed E-state index contributed by atoms with van der Waals surface area (Å²) in [5.74, 6) is 0.362. The average molecular weight is 319 g/mol. The average Bonchev–Trinajstić information content (AvgIpc) is 3.23. The number of aryl methyl sites for hydroxylation is 1. The van der Waals surface area contributed by atoms with Gasteiger partial charge in [-0.1, -0.05) is 18.2 Å². The summed E-state index contributed by atoms with van der Waals surface area (Å²) in [5, 5.41) is 4.16. The van der Waals surface area contributed by atoms with Gasteiger partial charge in [-0.05, 0) is 30.5 Å². The fourth-order valence-electron chi connectivity index (χ4n) is 2.85. The van der Waals surface area contributed by atoms with Crippen molar-refractivity contribution in [3.63, 3.8) is 0 Å². The molecular weight excluding hydrogens is 302 g/mol. The minimum absolute atomic E-state index is 0.167. The van der Waals surface area contributed by atoms with Crippen LogP contribution in [0.2, 0.25) is 0 Å². The predicted octanol–water partition coefficient (Wildman–Crippen LogP) is 2.57. The number of H-pyrrole nitrogens is 1. The van der Waals surface area contributed by atoms with Crippen molar-refractivity contribution in [1.29, 1.82) is 0 Å². The number of amides is 1. The molecule has 0 saturated heterocycles. The van der Waals surface area contributed by atoms with Crippen molar-refractivity contribution in [1.82, 2.24) is 24.7 Å². The minimum atomic E-state index is -0.167. The minimum Gasteiger partial charge on any atom is -0.361 e. The SMILES string of the molecule is O=C(NCCCc1c[nH]c2ccccc12)c1cn2cccnc2n1. The second-order valence-electron chi connectivity index (χ2n) is 5.67. The zero-order valence-corrected chi connectivity index (χ0v) is 13.1. The van der Waals surface area contributed by atoms with Crippen LogP contribution in [0.3, 0.4) is 0 Å². The summed E-state index contributed by atoms with van der Waals surface area (Å²) in [5.41, 5.74) is 2.81. The second kappa shape index (κ2) is 6.16. The van der Waals surface area contributed by atoms with E-state index in [1.165, 1.54) is 10.9 Å². The maximum absolute atomic E-state index is 12.2. The number of aromatic nitrogens is 4. The van der Waals surface area contributed by atoms with Gasteiger partial charge in [0.2, 0.25) is 5.78 Å². The van der Waals surface area contributed by atoms with Crippen molar-refractivity contribution in [2.45, 2.75) is 12.8 Å². The van der Waals surface area contributed by atoms with E-state index in [2.05, 4.69) is 32.4 Å². The highest BCUT2D eigenvalue weighted by molar-refractivity contribution is 5.92. The van der Waals surface area contributed by atoms with E-state index in [1.54, 1.807) is 22.9 Å². The van der Waals surface area contributed by atoms with Gasteiger partial charge in [-0.3, -0.25) is 9.20 Å². The summed E-state index contributed by atoms with van der Waals surface area (Å²) < 4.78 is 1.74. The van der Waals surface area contributed by atoms with Crippen molar-refractivity contribution in [3.05, 3.63) is 66.4 Å². The van der Waals surface area contributed by atoms with Gasteiger partial charge in [-0.25, -0.2) is 9.97 Å². The van der Waals surface area contributed by atoms with E-state index in [0.29, 0.717) is 18.0 Å². The lowest BCUT2D eigenvalue weighted by molar-refractivity contribution is 0.0949. The lowest BCUT2D eigenvalue weighted by Crippen LogP contribution is -2.25. The van der Waals surface area contributed by atoms with Crippen LogP contribution in [-0.4, -0.2) is 31.8 Å². The summed E-state index contributed by atoms with van der Waals surface area (Å²) >= 11 is 0. The molecule has 0 bridgehead atoms. The molecular formula is C18H17N5O. The summed E-state index contributed by atoms with van der Waals surface area (Å²) in [7, 11) is 0. The Morgan fingerprint density at radius 3 is 3.08 bits per heavy atom. The summed E-state index contributed by atoms with van der Waals surface area (Å²) in [4.78, 5) is 23.8. The van der Waals surface area contributed by atoms with Gasteiger partial charge < -0.3 is 10.3 Å². The van der Waals surface area contributed by atoms with Crippen LogP contribution in [0, 0.1) is 0 Å². The van der Waals surface area contributed by atoms with Gasteiger partial charge in [-0.15, -0.1) is 0 Å². The van der Waals surface area contributed by atoms with Gasteiger partial charge in [0.1, 0.15) is 5.69 Å². The van der Waals surface area contributed by atoms with Crippen LogP contribution in [0.25, 0.3) is 16.7 Å². The van der Waals surface area contributed by atoms with E-state index in [0.717, 1.165) is 18.4 Å². The Bertz CT molecular complexity index is 968. The van der Waals surface area contributed by atoms with E-state index in [-0.39, 0.29) is 5.91 Å². The number of carbonyl (C=O) groups excluding carboxylic acids is 1. The molecule has 3 heterocycles. The van der Waals surface area contributed by atoms with Crippen LogP contribution < -0.4 is 5.32 Å². The number of nitrogens with zero attached hydrogens (tertiary/aromatic N) is 3. The molecule has 6 heteroatoms.